The summed E-state index contributed by atoms with van der Waals surface area (Å²) in [7, 11) is 0. The first-order chi connectivity index (χ1) is 19.5. The van der Waals surface area contributed by atoms with E-state index >= 15 is 4.39 Å². The van der Waals surface area contributed by atoms with Gasteiger partial charge in [0.05, 0.1) is 6.61 Å². The Hall–Kier alpha value is -3.30. The minimum absolute atomic E-state index is 0.112. The van der Waals surface area contributed by atoms with E-state index in [-0.39, 0.29) is 29.2 Å². The molecule has 1 heterocycles. The Balaban J connectivity index is 1.36. The monoisotopic (exact) mass is 584 g/mol. The highest BCUT2D eigenvalue weighted by molar-refractivity contribution is 5.68. The zero-order valence-electron chi connectivity index (χ0n) is 22.2. The molecular weight excluding hydrogens is 556 g/mol. The maximum atomic E-state index is 15.2. The summed E-state index contributed by atoms with van der Waals surface area (Å²) < 4.78 is 124. The Morgan fingerprint density at radius 1 is 0.780 bits per heavy atom. The Morgan fingerprint density at radius 2 is 1.41 bits per heavy atom. The smallest absolute Gasteiger partial charge is 0.432 e. The fourth-order valence-electron chi connectivity index (χ4n) is 6.10. The highest BCUT2D eigenvalue weighted by Crippen LogP contribution is 2.43. The molecule has 3 aromatic carbocycles. The van der Waals surface area contributed by atoms with Gasteiger partial charge in [-0.15, -0.1) is 0 Å². The number of fused-ring (bicyclic) bond motifs is 1. The van der Waals surface area contributed by atoms with Crippen molar-refractivity contribution in [2.24, 2.45) is 17.8 Å². The lowest BCUT2D eigenvalue weighted by Gasteiger charge is -2.36. The van der Waals surface area contributed by atoms with Crippen LogP contribution in [0, 0.1) is 52.7 Å². The summed E-state index contributed by atoms with van der Waals surface area (Å²) in [6.45, 7) is 2.61. The van der Waals surface area contributed by atoms with Crippen LogP contribution >= 0.6 is 0 Å². The first-order valence-corrected chi connectivity index (χ1v) is 13.6. The molecule has 2 nitrogen and oxygen atoms in total. The maximum Gasteiger partial charge on any atom is 0.432 e. The van der Waals surface area contributed by atoms with E-state index < -0.39 is 52.3 Å². The van der Waals surface area contributed by atoms with Crippen molar-refractivity contribution in [3.63, 3.8) is 0 Å². The van der Waals surface area contributed by atoms with Crippen LogP contribution in [0.3, 0.4) is 0 Å². The molecule has 0 bridgehead atoms. The van der Waals surface area contributed by atoms with E-state index in [4.69, 9.17) is 4.74 Å². The number of ether oxygens (including phenoxy) is 2. The molecule has 220 valence electrons. The number of hydrogen-bond donors (Lipinski definition) is 0. The van der Waals surface area contributed by atoms with Crippen LogP contribution in [0.15, 0.2) is 36.4 Å². The Kier molecular flexibility index (Phi) is 8.21. The molecule has 0 saturated heterocycles. The lowest BCUT2D eigenvalue weighted by Crippen LogP contribution is -2.31. The van der Waals surface area contributed by atoms with Crippen LogP contribution in [0.2, 0.25) is 0 Å². The molecule has 1 atom stereocenters. The van der Waals surface area contributed by atoms with E-state index in [0.717, 1.165) is 18.8 Å². The third-order valence-electron chi connectivity index (χ3n) is 8.19. The van der Waals surface area contributed by atoms with E-state index in [9.17, 15) is 30.7 Å². The van der Waals surface area contributed by atoms with Crippen LogP contribution in [0.25, 0.3) is 11.1 Å². The molecule has 0 aromatic heterocycles. The van der Waals surface area contributed by atoms with Gasteiger partial charge in [-0.1, -0.05) is 32.6 Å². The van der Waals surface area contributed by atoms with Crippen LogP contribution < -0.4 is 9.47 Å². The van der Waals surface area contributed by atoms with Crippen LogP contribution in [0.1, 0.15) is 56.6 Å². The Bertz CT molecular complexity index is 1390. The maximum absolute atomic E-state index is 15.2. The number of halogens is 8. The summed E-state index contributed by atoms with van der Waals surface area (Å²) in [5, 5.41) is 0. The largest absolute Gasteiger partial charge is 0.493 e. The fourth-order valence-corrected chi connectivity index (χ4v) is 6.10. The van der Waals surface area contributed by atoms with Gasteiger partial charge in [0.15, 0.2) is 17.5 Å². The van der Waals surface area contributed by atoms with Crippen molar-refractivity contribution in [1.82, 2.24) is 0 Å². The van der Waals surface area contributed by atoms with Gasteiger partial charge in [0.2, 0.25) is 0 Å². The van der Waals surface area contributed by atoms with Crippen molar-refractivity contribution in [3.8, 4) is 22.6 Å². The van der Waals surface area contributed by atoms with Crippen LogP contribution in [-0.4, -0.2) is 6.61 Å². The average Bonchev–Trinajstić information content (AvgIpc) is 2.90. The summed E-state index contributed by atoms with van der Waals surface area (Å²) >= 11 is 0. The van der Waals surface area contributed by atoms with Gasteiger partial charge in [-0.3, -0.25) is 0 Å². The van der Waals surface area contributed by atoms with Gasteiger partial charge in [-0.25, -0.2) is 26.3 Å². The highest BCUT2D eigenvalue weighted by Gasteiger charge is 2.42. The number of alkyl halides is 2. The minimum Gasteiger partial charge on any atom is -0.493 e. The molecule has 10 heteroatoms. The zero-order valence-corrected chi connectivity index (χ0v) is 22.2. The summed E-state index contributed by atoms with van der Waals surface area (Å²) in [6.07, 6.45) is 2.79. The highest BCUT2D eigenvalue weighted by atomic mass is 19.3. The summed E-state index contributed by atoms with van der Waals surface area (Å²) in [5.41, 5.74) is -1.84. The van der Waals surface area contributed by atoms with E-state index in [0.29, 0.717) is 42.4 Å². The van der Waals surface area contributed by atoms with Gasteiger partial charge in [-0.2, -0.15) is 8.78 Å². The molecule has 0 amide bonds. The van der Waals surface area contributed by atoms with E-state index in [1.807, 2.05) is 0 Å². The van der Waals surface area contributed by atoms with Crippen molar-refractivity contribution >= 4 is 0 Å². The summed E-state index contributed by atoms with van der Waals surface area (Å²) in [5.74, 6) is -9.34. The first kappa shape index (κ1) is 29.2. The minimum atomic E-state index is -4.74. The van der Waals surface area contributed by atoms with Crippen molar-refractivity contribution in [2.75, 3.05) is 6.61 Å². The van der Waals surface area contributed by atoms with Gasteiger partial charge in [0, 0.05) is 17.7 Å². The average molecular weight is 585 g/mol. The number of hydrogen-bond acceptors (Lipinski definition) is 2. The second kappa shape index (κ2) is 11.5. The molecule has 1 unspecified atom stereocenters. The van der Waals surface area contributed by atoms with Crippen molar-refractivity contribution in [3.05, 3.63) is 82.4 Å². The van der Waals surface area contributed by atoms with Crippen LogP contribution in [0.5, 0.6) is 11.5 Å². The topological polar surface area (TPSA) is 18.5 Å². The Labute approximate surface area is 232 Å². The molecule has 2 aliphatic rings. The molecule has 5 rings (SSSR count). The molecule has 41 heavy (non-hydrogen) atoms. The van der Waals surface area contributed by atoms with Gasteiger partial charge in [0.1, 0.15) is 34.5 Å². The van der Waals surface area contributed by atoms with E-state index in [2.05, 4.69) is 11.7 Å². The van der Waals surface area contributed by atoms with E-state index in [1.165, 1.54) is 37.8 Å². The molecule has 1 aliphatic carbocycles. The molecule has 3 aromatic rings. The fraction of sp³-hybridized carbons (Fsp3) is 0.419. The molecule has 0 N–H and O–H groups in total. The zero-order chi connectivity index (χ0) is 29.5. The standard InChI is InChI=1S/C31H28F8O2/c1-2-3-16-4-6-17(7-5-16)20-8-19-11-23(32)22(14-28(19)40-15-20)18-9-24(33)29(25(34)10-18)31(38,39)41-21-12-26(35)30(37)27(36)13-21/h9-14,16-17,20H,2-8,15H2,1H3. The SMILES string of the molecule is CCCC1CCC(C2COc3cc(-c4cc(F)c(C(F)(F)Oc5cc(F)c(F)c(F)c5)c(F)c4)c(F)cc3C2)CC1. The summed E-state index contributed by atoms with van der Waals surface area (Å²) in [4.78, 5) is 0. The summed E-state index contributed by atoms with van der Waals surface area (Å²) in [6, 6.07) is 3.78. The molecule has 1 fully saturated rings. The number of benzene rings is 3. The van der Waals surface area contributed by atoms with Gasteiger partial charge in [-0.05, 0) is 72.4 Å². The van der Waals surface area contributed by atoms with Gasteiger partial charge < -0.3 is 9.47 Å². The molecule has 1 aliphatic heterocycles. The second-order valence-corrected chi connectivity index (χ2v) is 10.9. The van der Waals surface area contributed by atoms with Crippen molar-refractivity contribution < 1.29 is 44.6 Å². The molecule has 0 spiro atoms. The van der Waals surface area contributed by atoms with Crippen molar-refractivity contribution in [1.29, 1.82) is 0 Å². The van der Waals surface area contributed by atoms with Gasteiger partial charge in [0.25, 0.3) is 0 Å². The Morgan fingerprint density at radius 3 is 2.02 bits per heavy atom. The lowest BCUT2D eigenvalue weighted by atomic mass is 9.72. The first-order valence-electron chi connectivity index (χ1n) is 13.6. The third-order valence-corrected chi connectivity index (χ3v) is 8.19. The molecule has 0 radical (unpaired) electrons. The normalized spacial score (nSPS) is 20.9. The molecule has 1 saturated carbocycles. The lowest BCUT2D eigenvalue weighted by molar-refractivity contribution is -0.189. The quantitative estimate of drug-likeness (QED) is 0.203. The number of rotatable bonds is 7. The molecular formula is C31H28F8O2. The predicted octanol–water partition coefficient (Wildman–Crippen LogP) is 9.47. The van der Waals surface area contributed by atoms with E-state index in [1.54, 1.807) is 0 Å². The van der Waals surface area contributed by atoms with Crippen LogP contribution in [0.4, 0.5) is 35.1 Å². The van der Waals surface area contributed by atoms with Gasteiger partial charge >= 0.3 is 6.11 Å². The van der Waals surface area contributed by atoms with Crippen LogP contribution in [-0.2, 0) is 12.5 Å². The second-order valence-electron chi connectivity index (χ2n) is 10.9. The third kappa shape index (κ3) is 6.02. The predicted molar refractivity (Wildman–Crippen MR) is 136 cm³/mol. The van der Waals surface area contributed by atoms with Crippen molar-refractivity contribution in [2.45, 2.75) is 58.0 Å².